The lowest BCUT2D eigenvalue weighted by Crippen LogP contribution is -2.18. The van der Waals surface area contributed by atoms with Gasteiger partial charge in [0.1, 0.15) is 5.25 Å². The third-order valence-corrected chi connectivity index (χ3v) is 5.62. The summed E-state index contributed by atoms with van der Waals surface area (Å²) in [5, 5.41) is 8.57. The van der Waals surface area contributed by atoms with Crippen molar-refractivity contribution in [1.82, 2.24) is 0 Å². The van der Waals surface area contributed by atoms with Gasteiger partial charge in [-0.15, -0.1) is 0 Å². The van der Waals surface area contributed by atoms with E-state index in [0.29, 0.717) is 0 Å². The molecule has 0 spiro atoms. The van der Waals surface area contributed by atoms with Crippen molar-refractivity contribution in [2.45, 2.75) is 5.25 Å². The number of benzene rings is 1. The van der Waals surface area contributed by atoms with E-state index < -0.39 is 21.7 Å². The topological polar surface area (TPSA) is 54.4 Å². The highest BCUT2D eigenvalue weighted by Crippen LogP contribution is 2.46. The van der Waals surface area contributed by atoms with Crippen molar-refractivity contribution in [3.8, 4) is 0 Å². The van der Waals surface area contributed by atoms with Crippen LogP contribution in [0.3, 0.4) is 0 Å². The first-order valence-corrected chi connectivity index (χ1v) is 7.02. The van der Waals surface area contributed by atoms with Crippen LogP contribution in [-0.4, -0.2) is 20.1 Å². The van der Waals surface area contributed by atoms with Crippen molar-refractivity contribution in [3.05, 3.63) is 52.4 Å². The SMILES string of the molecule is O=S1(=O)C(CO)=CC2C=Cc3ccccc3C21. The summed E-state index contributed by atoms with van der Waals surface area (Å²) in [6, 6.07) is 7.50. The van der Waals surface area contributed by atoms with Crippen LogP contribution in [0.15, 0.2) is 41.3 Å². The summed E-state index contributed by atoms with van der Waals surface area (Å²) < 4.78 is 24.5. The fraction of sp³-hybridized carbons (Fsp3) is 0.231. The van der Waals surface area contributed by atoms with Gasteiger partial charge < -0.3 is 5.11 Å². The number of aliphatic hydroxyl groups is 1. The molecule has 0 bridgehead atoms. The summed E-state index contributed by atoms with van der Waals surface area (Å²) in [5.41, 5.74) is 1.78. The Bertz CT molecular complexity index is 626. The van der Waals surface area contributed by atoms with Crippen LogP contribution in [0, 0.1) is 5.92 Å². The first-order valence-electron chi connectivity index (χ1n) is 5.47. The van der Waals surface area contributed by atoms with E-state index in [-0.39, 0.29) is 10.8 Å². The minimum Gasteiger partial charge on any atom is -0.391 e. The number of rotatable bonds is 1. The van der Waals surface area contributed by atoms with Gasteiger partial charge in [0.15, 0.2) is 9.84 Å². The Morgan fingerprint density at radius 2 is 2.00 bits per heavy atom. The molecule has 88 valence electrons. The Morgan fingerprint density at radius 1 is 1.24 bits per heavy atom. The second-order valence-corrected chi connectivity index (χ2v) is 6.44. The highest BCUT2D eigenvalue weighted by molar-refractivity contribution is 7.95. The normalized spacial score (nSPS) is 28.4. The van der Waals surface area contributed by atoms with Gasteiger partial charge in [0.2, 0.25) is 0 Å². The maximum atomic E-state index is 12.3. The molecule has 0 amide bonds. The molecule has 1 N–H and O–H groups in total. The molecule has 0 saturated heterocycles. The molecule has 0 aromatic heterocycles. The Labute approximate surface area is 100 Å². The maximum Gasteiger partial charge on any atom is 0.184 e. The van der Waals surface area contributed by atoms with Gasteiger partial charge in [-0.3, -0.25) is 0 Å². The number of hydrogen-bond donors (Lipinski definition) is 1. The van der Waals surface area contributed by atoms with Crippen molar-refractivity contribution in [1.29, 1.82) is 0 Å². The lowest BCUT2D eigenvalue weighted by atomic mass is 9.89. The molecular weight excluding hydrogens is 236 g/mol. The van der Waals surface area contributed by atoms with E-state index in [2.05, 4.69) is 0 Å². The number of hydrogen-bond acceptors (Lipinski definition) is 3. The van der Waals surface area contributed by atoms with Gasteiger partial charge in [-0.25, -0.2) is 8.42 Å². The first-order chi connectivity index (χ1) is 8.14. The highest BCUT2D eigenvalue weighted by Gasteiger charge is 2.43. The fourth-order valence-electron chi connectivity index (χ4n) is 2.58. The molecule has 4 heteroatoms. The number of aliphatic hydroxyl groups excluding tert-OH is 1. The smallest absolute Gasteiger partial charge is 0.184 e. The van der Waals surface area contributed by atoms with Crippen LogP contribution < -0.4 is 0 Å². The van der Waals surface area contributed by atoms with Gasteiger partial charge in [0.05, 0.1) is 11.5 Å². The Kier molecular flexibility index (Phi) is 2.24. The molecule has 0 radical (unpaired) electrons. The number of sulfone groups is 1. The van der Waals surface area contributed by atoms with Crippen LogP contribution in [-0.2, 0) is 9.84 Å². The second kappa shape index (κ2) is 3.55. The summed E-state index contributed by atoms with van der Waals surface area (Å²) in [7, 11) is -3.39. The Hall–Kier alpha value is -1.39. The third-order valence-electron chi connectivity index (χ3n) is 3.38. The summed E-state index contributed by atoms with van der Waals surface area (Å²) in [6.07, 6.45) is 5.50. The van der Waals surface area contributed by atoms with E-state index in [1.165, 1.54) is 0 Å². The molecular formula is C13H12O3S. The van der Waals surface area contributed by atoms with Crippen LogP contribution in [0.5, 0.6) is 0 Å². The molecule has 2 atom stereocenters. The molecule has 2 aliphatic rings. The second-order valence-electron chi connectivity index (χ2n) is 4.32. The van der Waals surface area contributed by atoms with Crippen LogP contribution in [0.2, 0.25) is 0 Å². The molecule has 17 heavy (non-hydrogen) atoms. The standard InChI is InChI=1S/C13H12O3S/c14-8-11-7-10-6-5-9-3-1-2-4-12(9)13(10)17(11,15)16/h1-7,10,13-14H,8H2. The quantitative estimate of drug-likeness (QED) is 0.822. The van der Waals surface area contributed by atoms with Gasteiger partial charge in [-0.1, -0.05) is 42.5 Å². The van der Waals surface area contributed by atoms with Gasteiger partial charge in [0.25, 0.3) is 0 Å². The minimum atomic E-state index is -3.39. The number of fused-ring (bicyclic) bond motifs is 3. The molecule has 1 aliphatic heterocycles. The Morgan fingerprint density at radius 3 is 2.76 bits per heavy atom. The van der Waals surface area contributed by atoms with Crippen molar-refractivity contribution in [2.24, 2.45) is 5.92 Å². The van der Waals surface area contributed by atoms with Crippen molar-refractivity contribution in [2.75, 3.05) is 6.61 Å². The average molecular weight is 248 g/mol. The average Bonchev–Trinajstić information content (AvgIpc) is 2.61. The van der Waals surface area contributed by atoms with Crippen molar-refractivity contribution in [3.63, 3.8) is 0 Å². The van der Waals surface area contributed by atoms with E-state index in [1.807, 2.05) is 36.4 Å². The zero-order chi connectivity index (χ0) is 12.0. The summed E-state index contributed by atoms with van der Waals surface area (Å²) in [6.45, 7) is -0.411. The monoisotopic (exact) mass is 248 g/mol. The lowest BCUT2D eigenvalue weighted by Gasteiger charge is -2.22. The molecule has 0 fully saturated rings. The number of allylic oxidation sites excluding steroid dienone is 2. The lowest BCUT2D eigenvalue weighted by molar-refractivity contribution is 0.338. The molecule has 1 aliphatic carbocycles. The third kappa shape index (κ3) is 1.41. The highest BCUT2D eigenvalue weighted by atomic mass is 32.2. The zero-order valence-electron chi connectivity index (χ0n) is 9.08. The molecule has 3 rings (SSSR count). The van der Waals surface area contributed by atoms with E-state index in [9.17, 15) is 8.42 Å². The minimum absolute atomic E-state index is 0.142. The van der Waals surface area contributed by atoms with Gasteiger partial charge >= 0.3 is 0 Å². The van der Waals surface area contributed by atoms with Crippen molar-refractivity contribution < 1.29 is 13.5 Å². The van der Waals surface area contributed by atoms with Crippen LogP contribution in [0.25, 0.3) is 6.08 Å². The summed E-state index contributed by atoms with van der Waals surface area (Å²) in [5.74, 6) is -0.142. The van der Waals surface area contributed by atoms with E-state index in [0.717, 1.165) is 11.1 Å². The van der Waals surface area contributed by atoms with Gasteiger partial charge in [-0.2, -0.15) is 0 Å². The van der Waals surface area contributed by atoms with E-state index in [4.69, 9.17) is 5.11 Å². The zero-order valence-corrected chi connectivity index (χ0v) is 9.89. The molecule has 2 unspecified atom stereocenters. The van der Waals surface area contributed by atoms with Gasteiger partial charge in [-0.05, 0) is 11.1 Å². The van der Waals surface area contributed by atoms with Crippen LogP contribution >= 0.6 is 0 Å². The molecule has 3 nitrogen and oxygen atoms in total. The van der Waals surface area contributed by atoms with Gasteiger partial charge in [0, 0.05) is 5.92 Å². The largest absolute Gasteiger partial charge is 0.391 e. The predicted octanol–water partition coefficient (Wildman–Crippen LogP) is 1.68. The fourth-order valence-corrected chi connectivity index (χ4v) is 4.56. The first kappa shape index (κ1) is 10.7. The maximum absolute atomic E-state index is 12.3. The van der Waals surface area contributed by atoms with Crippen LogP contribution in [0.1, 0.15) is 16.4 Å². The molecule has 1 aromatic rings. The van der Waals surface area contributed by atoms with E-state index in [1.54, 1.807) is 6.08 Å². The van der Waals surface area contributed by atoms with E-state index >= 15 is 0 Å². The van der Waals surface area contributed by atoms with Crippen LogP contribution in [0.4, 0.5) is 0 Å². The summed E-state index contributed by atoms with van der Waals surface area (Å²) in [4.78, 5) is 0.147. The van der Waals surface area contributed by atoms with Crippen molar-refractivity contribution >= 4 is 15.9 Å². The molecule has 0 saturated carbocycles. The molecule has 1 aromatic carbocycles. The molecule has 1 heterocycles. The predicted molar refractivity (Wildman–Crippen MR) is 65.8 cm³/mol. The summed E-state index contributed by atoms with van der Waals surface area (Å²) >= 11 is 0. The Balaban J connectivity index is 2.21.